The van der Waals surface area contributed by atoms with Gasteiger partial charge in [-0.2, -0.15) is 0 Å². The second kappa shape index (κ2) is 13.2. The normalized spacial score (nSPS) is 15.2. The summed E-state index contributed by atoms with van der Waals surface area (Å²) in [6.45, 7) is -0.385. The van der Waals surface area contributed by atoms with Crippen LogP contribution >= 0.6 is 0 Å². The number of aromatic carboxylic acids is 1. The molecule has 0 bridgehead atoms. The van der Waals surface area contributed by atoms with Gasteiger partial charge in [-0.3, -0.25) is 24.2 Å². The number of hydrogen-bond donors (Lipinski definition) is 3. The second-order valence-corrected chi connectivity index (χ2v) is 10.6. The molecule has 0 fully saturated rings. The van der Waals surface area contributed by atoms with E-state index in [1.54, 1.807) is 73.6 Å². The molecule has 4 aromatic rings. The van der Waals surface area contributed by atoms with Gasteiger partial charge in [0.05, 0.1) is 29.5 Å². The van der Waals surface area contributed by atoms with Gasteiger partial charge in [0, 0.05) is 11.4 Å². The van der Waals surface area contributed by atoms with Gasteiger partial charge in [-0.05, 0) is 62.1 Å². The number of likely N-dealkylation sites (N-methyl/N-ethyl adjacent to an activating group) is 1. The van der Waals surface area contributed by atoms with Crippen molar-refractivity contribution in [2.24, 2.45) is 0 Å². The number of nitrogens with one attached hydrogen (secondary N) is 2. The Labute approximate surface area is 259 Å². The fourth-order valence-electron chi connectivity index (χ4n) is 5.32. The van der Waals surface area contributed by atoms with Gasteiger partial charge < -0.3 is 20.6 Å². The number of Topliss-reactive ketones (excluding diaryl/α,β-unsaturated/α-hetero) is 1. The van der Waals surface area contributed by atoms with E-state index in [0.29, 0.717) is 17.1 Å². The van der Waals surface area contributed by atoms with Gasteiger partial charge in [0.1, 0.15) is 0 Å². The minimum atomic E-state index is -1.73. The van der Waals surface area contributed by atoms with Crippen molar-refractivity contribution in [3.63, 3.8) is 0 Å². The summed E-state index contributed by atoms with van der Waals surface area (Å²) in [6.07, 6.45) is 0. The Kier molecular flexibility index (Phi) is 9.01. The molecular formula is C34H31N5O6. The van der Waals surface area contributed by atoms with Gasteiger partial charge in [0.2, 0.25) is 0 Å². The maximum atomic E-state index is 14.3. The van der Waals surface area contributed by atoms with E-state index in [-0.39, 0.29) is 23.6 Å². The van der Waals surface area contributed by atoms with Crippen LogP contribution in [0.4, 0.5) is 27.5 Å². The van der Waals surface area contributed by atoms with E-state index in [9.17, 15) is 29.1 Å². The summed E-state index contributed by atoms with van der Waals surface area (Å²) in [5.41, 5.74) is 1.95. The van der Waals surface area contributed by atoms with E-state index in [1.165, 1.54) is 34.1 Å². The number of carboxylic acids is 1. The van der Waals surface area contributed by atoms with E-state index < -0.39 is 35.9 Å². The highest BCUT2D eigenvalue weighted by atomic mass is 16.4. The number of carboxylic acid groups (broad SMARTS) is 1. The van der Waals surface area contributed by atoms with Crippen molar-refractivity contribution in [2.45, 2.75) is 12.1 Å². The van der Waals surface area contributed by atoms with E-state index in [0.717, 1.165) is 5.56 Å². The van der Waals surface area contributed by atoms with Crippen LogP contribution in [0.5, 0.6) is 0 Å². The number of nitrogens with zero attached hydrogens (tertiary/aromatic N) is 3. The minimum Gasteiger partial charge on any atom is -0.478 e. The maximum Gasteiger partial charge on any atom is 0.335 e. The van der Waals surface area contributed by atoms with Crippen molar-refractivity contribution in [3.05, 3.63) is 120 Å². The number of urea groups is 1. The molecule has 1 aliphatic heterocycles. The molecule has 5 rings (SSSR count). The first-order chi connectivity index (χ1) is 21.7. The molecule has 0 aliphatic carbocycles. The fraction of sp³-hybridized carbons (Fsp3) is 0.147. The van der Waals surface area contributed by atoms with Gasteiger partial charge in [-0.15, -0.1) is 0 Å². The van der Waals surface area contributed by atoms with Crippen LogP contribution in [-0.2, 0) is 14.4 Å². The highest BCUT2D eigenvalue weighted by Crippen LogP contribution is 2.38. The van der Waals surface area contributed by atoms with Crippen LogP contribution in [0.1, 0.15) is 22.0 Å². The largest absolute Gasteiger partial charge is 0.478 e. The molecule has 11 heteroatoms. The molecular weight excluding hydrogens is 574 g/mol. The number of carbonyl (C=O) groups is 5. The van der Waals surface area contributed by atoms with Gasteiger partial charge in [-0.25, -0.2) is 9.59 Å². The molecule has 4 amide bonds. The van der Waals surface area contributed by atoms with Gasteiger partial charge in [-0.1, -0.05) is 66.7 Å². The van der Waals surface area contributed by atoms with E-state index in [2.05, 4.69) is 10.6 Å². The van der Waals surface area contributed by atoms with Crippen LogP contribution in [-0.4, -0.2) is 66.3 Å². The molecule has 45 heavy (non-hydrogen) atoms. The van der Waals surface area contributed by atoms with E-state index in [1.807, 2.05) is 30.3 Å². The third kappa shape index (κ3) is 6.58. The average molecular weight is 606 g/mol. The number of ketones is 1. The van der Waals surface area contributed by atoms with Crippen molar-refractivity contribution in [1.82, 2.24) is 10.2 Å². The summed E-state index contributed by atoms with van der Waals surface area (Å²) >= 11 is 0. The van der Waals surface area contributed by atoms with Gasteiger partial charge in [0.25, 0.3) is 11.8 Å². The number of hydrogen-bond acceptors (Lipinski definition) is 6. The lowest BCUT2D eigenvalue weighted by molar-refractivity contribution is -0.130. The maximum absolute atomic E-state index is 14.3. The zero-order valence-electron chi connectivity index (χ0n) is 24.6. The summed E-state index contributed by atoms with van der Waals surface area (Å²) < 4.78 is 0. The van der Waals surface area contributed by atoms with Crippen molar-refractivity contribution >= 4 is 52.3 Å². The lowest BCUT2D eigenvalue weighted by Crippen LogP contribution is -2.56. The average Bonchev–Trinajstić information content (AvgIpc) is 3.11. The standard InChI is InChI=1S/C34H31N5O6/c1-37(2)30(22-12-5-3-6-13-22)28(40)21-38-26-18-9-10-19-27(26)39(25-16-7-4-8-17-25)32(42)29(31(38)41)36-34(45)35-24-15-11-14-23(20-24)33(43)44/h3-20,29-30H,21H2,1-2H3,(H,43,44)(H2,35,36,45). The molecule has 0 aromatic heterocycles. The monoisotopic (exact) mass is 605 g/mol. The molecule has 11 nitrogen and oxygen atoms in total. The van der Waals surface area contributed by atoms with Crippen molar-refractivity contribution in [1.29, 1.82) is 0 Å². The first-order valence-corrected chi connectivity index (χ1v) is 14.1. The molecule has 0 saturated heterocycles. The van der Waals surface area contributed by atoms with E-state index >= 15 is 0 Å². The number of fused-ring (bicyclic) bond motifs is 1. The van der Waals surface area contributed by atoms with Gasteiger partial charge in [0.15, 0.2) is 11.8 Å². The zero-order valence-corrected chi connectivity index (χ0v) is 24.6. The van der Waals surface area contributed by atoms with Crippen LogP contribution < -0.4 is 20.4 Å². The van der Waals surface area contributed by atoms with Crippen LogP contribution in [0, 0.1) is 0 Å². The molecule has 2 atom stereocenters. The molecule has 2 unspecified atom stereocenters. The fourth-order valence-corrected chi connectivity index (χ4v) is 5.32. The van der Waals surface area contributed by atoms with Crippen LogP contribution in [0.25, 0.3) is 0 Å². The Morgan fingerprint density at radius 2 is 1.42 bits per heavy atom. The first-order valence-electron chi connectivity index (χ1n) is 14.1. The lowest BCUT2D eigenvalue weighted by Gasteiger charge is -2.29. The minimum absolute atomic E-state index is 0.0568. The number of benzene rings is 4. The SMILES string of the molecule is CN(C)C(C(=O)CN1C(=O)C(NC(=O)Nc2cccc(C(=O)O)c2)C(=O)N(c2ccccc2)c2ccccc21)c1ccccc1. The lowest BCUT2D eigenvalue weighted by atomic mass is 10.0. The van der Waals surface area contributed by atoms with Crippen molar-refractivity contribution < 1.29 is 29.1 Å². The second-order valence-electron chi connectivity index (χ2n) is 10.6. The molecule has 0 saturated carbocycles. The van der Waals surface area contributed by atoms with Crippen LogP contribution in [0.15, 0.2) is 109 Å². The molecule has 4 aromatic carbocycles. The summed E-state index contributed by atoms with van der Waals surface area (Å²) in [7, 11) is 3.53. The third-order valence-corrected chi connectivity index (χ3v) is 7.30. The topological polar surface area (TPSA) is 139 Å². The van der Waals surface area contributed by atoms with Crippen LogP contribution in [0.2, 0.25) is 0 Å². The predicted molar refractivity (Wildman–Crippen MR) is 170 cm³/mol. The molecule has 1 heterocycles. The first kappa shape index (κ1) is 30.6. The zero-order chi connectivity index (χ0) is 32.1. The summed E-state index contributed by atoms with van der Waals surface area (Å²) in [6, 6.07) is 26.8. The molecule has 1 aliphatic rings. The highest BCUT2D eigenvalue weighted by Gasteiger charge is 2.43. The smallest absolute Gasteiger partial charge is 0.335 e. The Bertz CT molecular complexity index is 1740. The van der Waals surface area contributed by atoms with Gasteiger partial charge >= 0.3 is 12.0 Å². The Morgan fingerprint density at radius 3 is 2.07 bits per heavy atom. The number of para-hydroxylation sites is 3. The third-order valence-electron chi connectivity index (χ3n) is 7.30. The van der Waals surface area contributed by atoms with Crippen LogP contribution in [0.3, 0.4) is 0 Å². The molecule has 3 N–H and O–H groups in total. The van der Waals surface area contributed by atoms with Crippen molar-refractivity contribution in [3.8, 4) is 0 Å². The van der Waals surface area contributed by atoms with Crippen molar-refractivity contribution in [2.75, 3.05) is 35.8 Å². The number of amides is 4. The molecule has 228 valence electrons. The Hall–Kier alpha value is -5.81. The highest BCUT2D eigenvalue weighted by molar-refractivity contribution is 6.24. The Morgan fingerprint density at radius 1 is 0.800 bits per heavy atom. The number of anilines is 4. The quantitative estimate of drug-likeness (QED) is 0.240. The molecule has 0 spiro atoms. The van der Waals surface area contributed by atoms with E-state index in [4.69, 9.17) is 0 Å². The summed E-state index contributed by atoms with van der Waals surface area (Å²) in [5.74, 6) is -3.03. The number of carbonyl (C=O) groups excluding carboxylic acids is 4. The number of rotatable bonds is 9. The molecule has 0 radical (unpaired) electrons. The summed E-state index contributed by atoms with van der Waals surface area (Å²) in [5, 5.41) is 14.3. The summed E-state index contributed by atoms with van der Waals surface area (Å²) in [4.78, 5) is 71.4. The Balaban J connectivity index is 1.54. The predicted octanol–water partition coefficient (Wildman–Crippen LogP) is 4.46.